The monoisotopic (exact) mass is 835 g/mol. The summed E-state index contributed by atoms with van der Waals surface area (Å²) in [7, 11) is -0.0669. The van der Waals surface area contributed by atoms with Gasteiger partial charge in [-0.15, -0.1) is 5.56 Å². The fourth-order valence-corrected chi connectivity index (χ4v) is 7.93. The summed E-state index contributed by atoms with van der Waals surface area (Å²) >= 11 is 0. The molecule has 6 rings (SSSR count). The van der Waals surface area contributed by atoms with Gasteiger partial charge in [-0.05, 0) is 47.9 Å². The molecule has 1 radical (unpaired) electrons. The van der Waals surface area contributed by atoms with Crippen molar-refractivity contribution in [1.29, 1.82) is 0 Å². The van der Waals surface area contributed by atoms with Gasteiger partial charge in [0.1, 0.15) is 11.4 Å². The Kier molecular flexibility index (Phi) is 16.4. The maximum Gasteiger partial charge on any atom is 0.354 e. The number of aromatic carboxylic acids is 2. The normalized spacial score (nSPS) is 10.1. The number of aromatic nitrogens is 1. The van der Waals surface area contributed by atoms with Gasteiger partial charge in [-0.3, -0.25) is 0 Å². The Morgan fingerprint density at radius 3 is 1.53 bits per heavy atom. The number of carboxylic acid groups (broad SMARTS) is 2. The molecule has 0 spiro atoms. The molecule has 1 unspecified atom stereocenters. The van der Waals surface area contributed by atoms with E-state index in [0.29, 0.717) is 0 Å². The van der Waals surface area contributed by atoms with Gasteiger partial charge in [-0.25, -0.2) is 14.6 Å². The summed E-state index contributed by atoms with van der Waals surface area (Å²) in [6, 6.07) is 59.4. The quantitative estimate of drug-likeness (QED) is 0.118. The predicted molar refractivity (Wildman–Crippen MR) is 191 cm³/mol. The molecule has 0 aliphatic rings. The summed E-state index contributed by atoms with van der Waals surface area (Å²) in [5.41, 5.74) is 2.11. The van der Waals surface area contributed by atoms with E-state index in [2.05, 4.69) is 126 Å². The molecule has 0 saturated carbocycles. The Hall–Kier alpha value is -4.30. The van der Waals surface area contributed by atoms with Crippen LogP contribution in [0.25, 0.3) is 0 Å². The average Bonchev–Trinajstić information content (AvgIpc) is 3.12. The van der Waals surface area contributed by atoms with Gasteiger partial charge in [0.15, 0.2) is 0 Å². The van der Waals surface area contributed by atoms with Crippen LogP contribution in [0, 0.1) is 12.1 Å². The van der Waals surface area contributed by atoms with E-state index >= 15 is 0 Å². The Morgan fingerprint density at radius 2 is 1.06 bits per heavy atom. The molecule has 0 amide bonds. The van der Waals surface area contributed by atoms with Crippen molar-refractivity contribution in [2.24, 2.45) is 0 Å². The van der Waals surface area contributed by atoms with Crippen LogP contribution < -0.4 is 15.9 Å². The van der Waals surface area contributed by atoms with E-state index < -0.39 is 19.9 Å². The molecule has 6 aromatic rings. The number of carboxylic acids is 2. The Bertz CT molecular complexity index is 1680. The largest absolute Gasteiger partial charge is 0.477 e. The number of nitrogens with zero attached hydrogens (tertiary/aromatic N) is 1. The van der Waals surface area contributed by atoms with Gasteiger partial charge in [0.25, 0.3) is 0 Å². The third-order valence-electron chi connectivity index (χ3n) is 6.58. The molecule has 0 bridgehead atoms. The van der Waals surface area contributed by atoms with E-state index in [4.69, 9.17) is 10.2 Å². The van der Waals surface area contributed by atoms with Crippen molar-refractivity contribution >= 4 is 44.4 Å². The van der Waals surface area contributed by atoms with Crippen LogP contribution in [0.3, 0.4) is 0 Å². The molecule has 1 atom stereocenters. The van der Waals surface area contributed by atoms with Crippen LogP contribution in [0.5, 0.6) is 0 Å². The second-order valence-corrected chi connectivity index (χ2v) is 13.7. The zero-order valence-corrected chi connectivity index (χ0v) is 29.8. The molecule has 5 nitrogen and oxygen atoms in total. The number of rotatable bonds is 9. The first-order chi connectivity index (χ1) is 22.5. The molecular formula is C39H34IrNO4P2-. The van der Waals surface area contributed by atoms with E-state index in [0.717, 1.165) is 20.9 Å². The van der Waals surface area contributed by atoms with Crippen molar-refractivity contribution in [2.45, 2.75) is 12.3 Å². The maximum atomic E-state index is 10.3. The van der Waals surface area contributed by atoms with E-state index in [-0.39, 0.29) is 31.5 Å². The van der Waals surface area contributed by atoms with Crippen molar-refractivity contribution in [3.63, 3.8) is 0 Å². The van der Waals surface area contributed by atoms with Gasteiger partial charge in [-0.1, -0.05) is 81.4 Å². The smallest absolute Gasteiger partial charge is 0.354 e. The van der Waals surface area contributed by atoms with Crippen LogP contribution >= 0.6 is 16.5 Å². The molecule has 5 aromatic carbocycles. The minimum atomic E-state index is -1.24. The van der Waals surface area contributed by atoms with Crippen molar-refractivity contribution < 1.29 is 39.9 Å². The molecule has 1 aromatic heterocycles. The van der Waals surface area contributed by atoms with Gasteiger partial charge < -0.3 is 10.2 Å². The number of carbonyl (C=O) groups is 2. The standard InChI is InChI=1S/C26H23P2.C7H5NO4.C6H5.Ir/c1-4-13-24(14-5-1)27-20-22-11-10-12-23(19-22)21-28(25-15-6-2-7-16-25)26-17-8-3-9-18-26;9-6(10)4-2-1-3-5(8-4)7(11)12;1-2-4-6-5-3-1;/h1-18,27H,20-21H2;1-3H,(H,9,10)(H,11,12);1-5H;/q-1;;-1;/p+1. The van der Waals surface area contributed by atoms with Crippen LogP contribution in [-0.4, -0.2) is 27.1 Å². The second kappa shape index (κ2) is 20.7. The van der Waals surface area contributed by atoms with Crippen LogP contribution in [0.4, 0.5) is 0 Å². The zero-order valence-electron chi connectivity index (χ0n) is 25.4. The molecule has 0 aliphatic carbocycles. The maximum absolute atomic E-state index is 10.3. The van der Waals surface area contributed by atoms with Crippen molar-refractivity contribution in [1.82, 2.24) is 4.98 Å². The first kappa shape index (κ1) is 37.2. The number of benzene rings is 5. The third-order valence-corrected chi connectivity index (χ3v) is 10.7. The van der Waals surface area contributed by atoms with Crippen molar-refractivity contribution in [2.75, 3.05) is 0 Å². The Morgan fingerprint density at radius 1 is 0.596 bits per heavy atom. The number of hydrogen-bond donors (Lipinski definition) is 2. The molecule has 8 heteroatoms. The molecule has 1 heterocycles. The van der Waals surface area contributed by atoms with Gasteiger partial charge in [-0.2, -0.15) is 66.2 Å². The molecule has 239 valence electrons. The molecule has 47 heavy (non-hydrogen) atoms. The van der Waals surface area contributed by atoms with Gasteiger partial charge in [0.05, 0.1) is 24.7 Å². The Balaban J connectivity index is 0.000000260. The Labute approximate surface area is 292 Å². The van der Waals surface area contributed by atoms with Crippen molar-refractivity contribution in [3.8, 4) is 0 Å². The van der Waals surface area contributed by atoms with E-state index in [1.807, 2.05) is 30.3 Å². The fourth-order valence-electron chi connectivity index (χ4n) is 4.38. The summed E-state index contributed by atoms with van der Waals surface area (Å²) in [5.74, 6) is -2.48. The summed E-state index contributed by atoms with van der Waals surface area (Å²) in [4.78, 5) is 24.0. The van der Waals surface area contributed by atoms with Crippen molar-refractivity contribution in [3.05, 3.63) is 192 Å². The average molecular weight is 835 g/mol. The fraction of sp³-hybridized carbons (Fsp3) is 0.0513. The van der Waals surface area contributed by atoms with Crippen LogP contribution in [0.15, 0.2) is 158 Å². The van der Waals surface area contributed by atoms with Crippen LogP contribution in [0.2, 0.25) is 0 Å². The topological polar surface area (TPSA) is 87.5 Å². The third kappa shape index (κ3) is 13.1. The van der Waals surface area contributed by atoms with Crippen LogP contribution in [-0.2, 0) is 32.4 Å². The first-order valence-electron chi connectivity index (χ1n) is 14.6. The summed E-state index contributed by atoms with van der Waals surface area (Å²) in [5, 5.41) is 21.2. The van der Waals surface area contributed by atoms with E-state index in [9.17, 15) is 9.59 Å². The second-order valence-electron chi connectivity index (χ2n) is 9.90. The number of hydrogen-bond acceptors (Lipinski definition) is 3. The van der Waals surface area contributed by atoms with E-state index in [1.165, 1.54) is 45.2 Å². The minimum absolute atomic E-state index is 0. The summed E-state index contributed by atoms with van der Waals surface area (Å²) < 4.78 is 0. The van der Waals surface area contributed by atoms with Gasteiger partial charge in [0, 0.05) is 20.1 Å². The van der Waals surface area contributed by atoms with Gasteiger partial charge >= 0.3 is 11.9 Å². The molecule has 0 fully saturated rings. The molecule has 0 saturated heterocycles. The minimum Gasteiger partial charge on any atom is -0.477 e. The first-order valence-corrected chi connectivity index (χ1v) is 17.5. The molecule has 0 aliphatic heterocycles. The van der Waals surface area contributed by atoms with E-state index in [1.54, 1.807) is 0 Å². The van der Waals surface area contributed by atoms with Crippen LogP contribution in [0.1, 0.15) is 32.1 Å². The predicted octanol–water partition coefficient (Wildman–Crippen LogP) is 7.32. The zero-order chi connectivity index (χ0) is 32.4. The number of pyridine rings is 1. The van der Waals surface area contributed by atoms with Gasteiger partial charge in [0.2, 0.25) is 0 Å². The molecule has 2 N–H and O–H groups in total. The summed E-state index contributed by atoms with van der Waals surface area (Å²) in [6.07, 6.45) is 2.14. The summed E-state index contributed by atoms with van der Waals surface area (Å²) in [6.45, 7) is 0. The molecular weight excluding hydrogens is 801 g/mol. The SMILES string of the molecule is O=C(O)c1cccc(C(=O)O)n1.[Ir].[c-]1c(CPc2ccccc2)cccc1C[PH+](c1ccccc1)c1ccccc1.[c-]1ccccc1.